The maximum absolute atomic E-state index is 13.8. The van der Waals surface area contributed by atoms with Crippen LogP contribution in [0.4, 0.5) is 4.39 Å². The Labute approximate surface area is 159 Å². The number of likely N-dealkylation sites (tertiary alicyclic amines) is 1. The van der Waals surface area contributed by atoms with Gasteiger partial charge in [-0.15, -0.1) is 0 Å². The average molecular weight is 375 g/mol. The van der Waals surface area contributed by atoms with E-state index in [1.54, 1.807) is 13.0 Å². The Bertz CT molecular complexity index is 843. The van der Waals surface area contributed by atoms with Crippen LogP contribution in [0.1, 0.15) is 57.1 Å². The predicted octanol–water partition coefficient (Wildman–Crippen LogP) is 3.76. The standard InChI is InChI=1S/C21H30FN3O2/c1-3-27-17-6-4-15(5-7-17)24-10-8-16(9-11-24)25-20-12-14(2)18(22)13-19(20)23-21(25)26/h12-13,15-17H,3-11H2,1-2H3,(H,23,26). The molecule has 2 heterocycles. The fraction of sp³-hybridized carbons (Fsp3) is 0.667. The van der Waals surface area contributed by atoms with Gasteiger partial charge in [0.2, 0.25) is 0 Å². The summed E-state index contributed by atoms with van der Waals surface area (Å²) in [6.45, 7) is 6.67. The Balaban J connectivity index is 1.43. The molecule has 0 unspecified atom stereocenters. The topological polar surface area (TPSA) is 50.3 Å². The van der Waals surface area contributed by atoms with E-state index in [2.05, 4.69) is 16.8 Å². The summed E-state index contributed by atoms with van der Waals surface area (Å²) in [5, 5.41) is 0. The quantitative estimate of drug-likeness (QED) is 0.885. The zero-order chi connectivity index (χ0) is 19.0. The van der Waals surface area contributed by atoms with Gasteiger partial charge in [0.25, 0.3) is 0 Å². The number of aromatic nitrogens is 2. The van der Waals surface area contributed by atoms with Crippen LogP contribution < -0.4 is 5.69 Å². The number of aryl methyl sites for hydroxylation is 1. The fourth-order valence-corrected chi connectivity index (χ4v) is 4.93. The van der Waals surface area contributed by atoms with Gasteiger partial charge in [0.05, 0.1) is 17.1 Å². The summed E-state index contributed by atoms with van der Waals surface area (Å²) in [5.74, 6) is -0.270. The number of nitrogens with one attached hydrogen (secondary N) is 1. The number of imidazole rings is 1. The number of nitrogens with zero attached hydrogens (tertiary/aromatic N) is 2. The van der Waals surface area contributed by atoms with Crippen molar-refractivity contribution in [3.05, 3.63) is 34.0 Å². The highest BCUT2D eigenvalue weighted by atomic mass is 19.1. The van der Waals surface area contributed by atoms with Gasteiger partial charge in [-0.05, 0) is 70.1 Å². The summed E-state index contributed by atoms with van der Waals surface area (Å²) < 4.78 is 21.4. The van der Waals surface area contributed by atoms with Crippen LogP contribution in [-0.2, 0) is 4.74 Å². The number of benzene rings is 1. The van der Waals surface area contributed by atoms with E-state index in [1.807, 2.05) is 4.57 Å². The lowest BCUT2D eigenvalue weighted by Crippen LogP contribution is -2.45. The van der Waals surface area contributed by atoms with Gasteiger partial charge in [0, 0.05) is 31.8 Å². The van der Waals surface area contributed by atoms with Crippen LogP contribution in [-0.4, -0.2) is 46.3 Å². The van der Waals surface area contributed by atoms with E-state index >= 15 is 0 Å². The van der Waals surface area contributed by atoms with Gasteiger partial charge >= 0.3 is 5.69 Å². The molecule has 6 heteroatoms. The number of ether oxygens (including phenoxy) is 1. The second-order valence-corrected chi connectivity index (χ2v) is 8.07. The molecular formula is C21H30FN3O2. The Morgan fingerprint density at radius 1 is 1.11 bits per heavy atom. The Morgan fingerprint density at radius 3 is 2.48 bits per heavy atom. The molecule has 1 saturated carbocycles. The zero-order valence-corrected chi connectivity index (χ0v) is 16.3. The summed E-state index contributed by atoms with van der Waals surface area (Å²) >= 11 is 0. The summed E-state index contributed by atoms with van der Waals surface area (Å²) in [7, 11) is 0. The minimum Gasteiger partial charge on any atom is -0.379 e. The molecule has 0 amide bonds. The van der Waals surface area contributed by atoms with Crippen molar-refractivity contribution in [1.82, 2.24) is 14.5 Å². The summed E-state index contributed by atoms with van der Waals surface area (Å²) in [5.41, 5.74) is 1.89. The first kappa shape index (κ1) is 18.7. The number of hydrogen-bond acceptors (Lipinski definition) is 3. The van der Waals surface area contributed by atoms with Gasteiger partial charge in [0.1, 0.15) is 5.82 Å². The number of aromatic amines is 1. The molecule has 2 aliphatic rings. The molecule has 5 nitrogen and oxygen atoms in total. The molecule has 27 heavy (non-hydrogen) atoms. The highest BCUT2D eigenvalue weighted by Gasteiger charge is 2.30. The SMILES string of the molecule is CCOC1CCC(N2CCC(n3c(=O)[nH]c4cc(F)c(C)cc43)CC2)CC1. The number of halogens is 1. The van der Waals surface area contributed by atoms with E-state index < -0.39 is 0 Å². The van der Waals surface area contributed by atoms with Crippen molar-refractivity contribution >= 4 is 11.0 Å². The minimum atomic E-state index is -0.270. The molecule has 1 aliphatic heterocycles. The second kappa shape index (κ2) is 7.76. The monoisotopic (exact) mass is 375 g/mol. The van der Waals surface area contributed by atoms with Crippen molar-refractivity contribution < 1.29 is 9.13 Å². The summed E-state index contributed by atoms with van der Waals surface area (Å²) in [4.78, 5) is 17.9. The molecule has 1 N–H and O–H groups in total. The lowest BCUT2D eigenvalue weighted by Gasteiger charge is -2.41. The van der Waals surface area contributed by atoms with Gasteiger partial charge in [-0.2, -0.15) is 0 Å². The lowest BCUT2D eigenvalue weighted by molar-refractivity contribution is 0.00796. The smallest absolute Gasteiger partial charge is 0.326 e. The molecule has 0 bridgehead atoms. The van der Waals surface area contributed by atoms with Crippen molar-refractivity contribution in [2.24, 2.45) is 0 Å². The Kier molecular flexibility index (Phi) is 5.37. The normalized spacial score (nSPS) is 25.3. The third-order valence-electron chi connectivity index (χ3n) is 6.42. The van der Waals surface area contributed by atoms with E-state index in [-0.39, 0.29) is 17.5 Å². The van der Waals surface area contributed by atoms with Crippen LogP contribution in [0.15, 0.2) is 16.9 Å². The van der Waals surface area contributed by atoms with Crippen LogP contribution in [0.2, 0.25) is 0 Å². The van der Waals surface area contributed by atoms with Crippen molar-refractivity contribution in [3.8, 4) is 0 Å². The molecule has 2 aromatic rings. The van der Waals surface area contributed by atoms with Crippen molar-refractivity contribution in [2.45, 2.75) is 70.6 Å². The third kappa shape index (κ3) is 3.69. The van der Waals surface area contributed by atoms with E-state index in [9.17, 15) is 9.18 Å². The highest BCUT2D eigenvalue weighted by Crippen LogP contribution is 2.31. The molecule has 4 rings (SSSR count). The first-order valence-electron chi connectivity index (χ1n) is 10.3. The Morgan fingerprint density at radius 2 is 1.81 bits per heavy atom. The van der Waals surface area contributed by atoms with Crippen LogP contribution in [0, 0.1) is 12.7 Å². The zero-order valence-electron chi connectivity index (χ0n) is 16.3. The summed E-state index contributed by atoms with van der Waals surface area (Å²) in [6, 6.07) is 4.07. The number of fused-ring (bicyclic) bond motifs is 1. The molecular weight excluding hydrogens is 345 g/mol. The Hall–Kier alpha value is -1.66. The van der Waals surface area contributed by atoms with E-state index in [1.165, 1.54) is 18.9 Å². The van der Waals surface area contributed by atoms with E-state index in [4.69, 9.17) is 4.74 Å². The van der Waals surface area contributed by atoms with E-state index in [0.717, 1.165) is 50.9 Å². The minimum absolute atomic E-state index is 0.120. The second-order valence-electron chi connectivity index (χ2n) is 8.07. The molecule has 1 aliphatic carbocycles. The number of hydrogen-bond donors (Lipinski definition) is 1. The highest BCUT2D eigenvalue weighted by molar-refractivity contribution is 5.76. The fourth-order valence-electron chi connectivity index (χ4n) is 4.93. The molecule has 148 valence electrons. The largest absolute Gasteiger partial charge is 0.379 e. The van der Waals surface area contributed by atoms with Gasteiger partial charge in [-0.25, -0.2) is 9.18 Å². The molecule has 1 saturated heterocycles. The van der Waals surface area contributed by atoms with Crippen LogP contribution in [0.5, 0.6) is 0 Å². The van der Waals surface area contributed by atoms with Crippen molar-refractivity contribution in [3.63, 3.8) is 0 Å². The maximum atomic E-state index is 13.8. The van der Waals surface area contributed by atoms with Gasteiger partial charge < -0.3 is 14.6 Å². The lowest BCUT2D eigenvalue weighted by atomic mass is 9.90. The van der Waals surface area contributed by atoms with Gasteiger partial charge in [0.15, 0.2) is 0 Å². The van der Waals surface area contributed by atoms with E-state index in [0.29, 0.717) is 23.2 Å². The predicted molar refractivity (Wildman–Crippen MR) is 105 cm³/mol. The molecule has 1 aromatic carbocycles. The third-order valence-corrected chi connectivity index (χ3v) is 6.42. The number of piperidine rings is 1. The molecule has 0 atom stereocenters. The number of rotatable bonds is 4. The summed E-state index contributed by atoms with van der Waals surface area (Å²) in [6.07, 6.45) is 7.11. The van der Waals surface area contributed by atoms with Gasteiger partial charge in [-0.3, -0.25) is 4.57 Å². The molecule has 2 fully saturated rings. The maximum Gasteiger partial charge on any atom is 0.326 e. The molecule has 0 radical (unpaired) electrons. The first-order valence-corrected chi connectivity index (χ1v) is 10.3. The van der Waals surface area contributed by atoms with Crippen LogP contribution >= 0.6 is 0 Å². The molecule has 0 spiro atoms. The van der Waals surface area contributed by atoms with Crippen LogP contribution in [0.25, 0.3) is 11.0 Å². The first-order chi connectivity index (χ1) is 13.1. The molecule has 1 aromatic heterocycles. The van der Waals surface area contributed by atoms with Crippen molar-refractivity contribution in [1.29, 1.82) is 0 Å². The van der Waals surface area contributed by atoms with Crippen molar-refractivity contribution in [2.75, 3.05) is 19.7 Å². The van der Waals surface area contributed by atoms with Crippen LogP contribution in [0.3, 0.4) is 0 Å². The number of H-pyrrole nitrogens is 1. The average Bonchev–Trinajstić information content (AvgIpc) is 2.98. The van der Waals surface area contributed by atoms with Gasteiger partial charge in [-0.1, -0.05) is 0 Å².